The molecule has 17 heavy (non-hydrogen) atoms. The van der Waals surface area contributed by atoms with Crippen LogP contribution in [0.5, 0.6) is 17.2 Å². The molecule has 5 heteroatoms. The third kappa shape index (κ3) is 2.37. The Balaban J connectivity index is 2.38. The minimum absolute atomic E-state index is 0.00631. The van der Waals surface area contributed by atoms with Gasteiger partial charge in [0.05, 0.1) is 16.4 Å². The fraction of sp³-hybridized carbons (Fsp3) is 0. The lowest BCUT2D eigenvalue weighted by molar-refractivity contribution is 0.461. The molecule has 4 N–H and O–H groups in total. The minimum atomic E-state index is -0.114. The number of nitrogens with one attached hydrogen (secondary N) is 1. The first-order chi connectivity index (χ1) is 8.08. The molecule has 0 amide bonds. The van der Waals surface area contributed by atoms with Gasteiger partial charge in [-0.25, -0.2) is 0 Å². The second-order valence-electron chi connectivity index (χ2n) is 3.46. The molecule has 0 spiro atoms. The number of aromatic hydroxyl groups is 3. The van der Waals surface area contributed by atoms with Crippen molar-refractivity contribution >= 4 is 23.0 Å². The lowest BCUT2D eigenvalue weighted by atomic mass is 10.2. The van der Waals surface area contributed by atoms with Gasteiger partial charge in [0.1, 0.15) is 11.5 Å². The van der Waals surface area contributed by atoms with Crippen LogP contribution in [-0.2, 0) is 0 Å². The van der Waals surface area contributed by atoms with Crippen molar-refractivity contribution in [1.29, 1.82) is 0 Å². The van der Waals surface area contributed by atoms with Gasteiger partial charge in [-0.05, 0) is 24.3 Å². The van der Waals surface area contributed by atoms with Crippen LogP contribution >= 0.6 is 11.6 Å². The van der Waals surface area contributed by atoms with Gasteiger partial charge in [-0.3, -0.25) is 0 Å². The fourth-order valence-corrected chi connectivity index (χ4v) is 1.56. The molecule has 0 aromatic heterocycles. The fourth-order valence-electron chi connectivity index (χ4n) is 1.39. The number of hydrogen-bond acceptors (Lipinski definition) is 4. The summed E-state index contributed by atoms with van der Waals surface area (Å²) in [6.07, 6.45) is 0. The zero-order chi connectivity index (χ0) is 12.4. The van der Waals surface area contributed by atoms with Crippen molar-refractivity contribution in [3.63, 3.8) is 0 Å². The largest absolute Gasteiger partial charge is 0.508 e. The van der Waals surface area contributed by atoms with Crippen molar-refractivity contribution in [2.75, 3.05) is 5.32 Å². The van der Waals surface area contributed by atoms with Crippen LogP contribution in [0, 0.1) is 0 Å². The van der Waals surface area contributed by atoms with Gasteiger partial charge in [0.15, 0.2) is 5.75 Å². The molecule has 88 valence electrons. The molecular formula is C12H10ClNO3. The maximum absolute atomic E-state index is 9.68. The van der Waals surface area contributed by atoms with Gasteiger partial charge >= 0.3 is 0 Å². The second-order valence-corrected chi connectivity index (χ2v) is 3.87. The molecule has 0 radical (unpaired) electrons. The first kappa shape index (κ1) is 11.4. The van der Waals surface area contributed by atoms with E-state index < -0.39 is 0 Å². The van der Waals surface area contributed by atoms with E-state index in [1.54, 1.807) is 18.2 Å². The molecule has 0 aliphatic rings. The number of para-hydroxylation sites is 1. The van der Waals surface area contributed by atoms with Crippen LogP contribution in [0.3, 0.4) is 0 Å². The number of rotatable bonds is 2. The van der Waals surface area contributed by atoms with E-state index in [4.69, 9.17) is 11.6 Å². The molecule has 2 rings (SSSR count). The SMILES string of the molecule is Oc1ccc(O)c(Nc2cccc(Cl)c2O)c1. The normalized spacial score (nSPS) is 10.2. The number of benzene rings is 2. The van der Waals surface area contributed by atoms with Crippen molar-refractivity contribution in [3.8, 4) is 17.2 Å². The summed E-state index contributed by atoms with van der Waals surface area (Å²) in [5, 5.41) is 31.5. The van der Waals surface area contributed by atoms with Crippen molar-refractivity contribution in [2.45, 2.75) is 0 Å². The van der Waals surface area contributed by atoms with Gasteiger partial charge in [0, 0.05) is 6.07 Å². The molecule has 0 fully saturated rings. The van der Waals surface area contributed by atoms with Crippen molar-refractivity contribution in [3.05, 3.63) is 41.4 Å². The van der Waals surface area contributed by atoms with Gasteiger partial charge in [0.25, 0.3) is 0 Å². The molecule has 2 aromatic carbocycles. The van der Waals surface area contributed by atoms with Gasteiger partial charge in [-0.1, -0.05) is 17.7 Å². The number of anilines is 2. The van der Waals surface area contributed by atoms with Crippen molar-refractivity contribution < 1.29 is 15.3 Å². The summed E-state index contributed by atoms with van der Waals surface area (Å²) in [6, 6.07) is 8.85. The van der Waals surface area contributed by atoms with Crippen LogP contribution in [0.1, 0.15) is 0 Å². The number of phenolic OH excluding ortho intramolecular Hbond substituents is 3. The van der Waals surface area contributed by atoms with Crippen LogP contribution in [0.25, 0.3) is 0 Å². The summed E-state index contributed by atoms with van der Waals surface area (Å²) in [7, 11) is 0. The zero-order valence-corrected chi connectivity index (χ0v) is 9.44. The summed E-state index contributed by atoms with van der Waals surface area (Å²) in [5.41, 5.74) is 0.626. The van der Waals surface area contributed by atoms with E-state index in [0.29, 0.717) is 5.69 Å². The Hall–Kier alpha value is -2.07. The van der Waals surface area contributed by atoms with E-state index in [1.165, 1.54) is 18.2 Å². The monoisotopic (exact) mass is 251 g/mol. The van der Waals surface area contributed by atoms with Crippen molar-refractivity contribution in [1.82, 2.24) is 0 Å². The Kier molecular flexibility index (Phi) is 2.97. The van der Waals surface area contributed by atoms with E-state index in [9.17, 15) is 15.3 Å². The van der Waals surface area contributed by atoms with E-state index in [0.717, 1.165) is 0 Å². The van der Waals surface area contributed by atoms with E-state index in [2.05, 4.69) is 5.32 Å². The van der Waals surface area contributed by atoms with Gasteiger partial charge in [0.2, 0.25) is 0 Å². The summed E-state index contributed by atoms with van der Waals surface area (Å²) in [5.74, 6) is -0.147. The average Bonchev–Trinajstić information content (AvgIpc) is 2.30. The summed E-state index contributed by atoms with van der Waals surface area (Å²) in [4.78, 5) is 0. The van der Waals surface area contributed by atoms with Crippen LogP contribution < -0.4 is 5.32 Å². The van der Waals surface area contributed by atoms with Crippen LogP contribution in [0.4, 0.5) is 11.4 Å². The first-order valence-corrected chi connectivity index (χ1v) is 5.22. The third-order valence-electron chi connectivity index (χ3n) is 2.24. The quantitative estimate of drug-likeness (QED) is 0.489. The Morgan fingerprint density at radius 1 is 0.941 bits per heavy atom. The highest BCUT2D eigenvalue weighted by Crippen LogP contribution is 2.36. The summed E-state index contributed by atoms with van der Waals surface area (Å²) >= 11 is 5.75. The highest BCUT2D eigenvalue weighted by Gasteiger charge is 2.08. The molecule has 0 heterocycles. The lowest BCUT2D eigenvalue weighted by Gasteiger charge is -2.10. The second kappa shape index (κ2) is 4.43. The maximum atomic E-state index is 9.68. The minimum Gasteiger partial charge on any atom is -0.508 e. The molecule has 4 nitrogen and oxygen atoms in total. The number of phenols is 3. The summed E-state index contributed by atoms with van der Waals surface area (Å²) in [6.45, 7) is 0. The molecule has 2 aromatic rings. The molecule has 0 unspecified atom stereocenters. The lowest BCUT2D eigenvalue weighted by Crippen LogP contribution is -1.91. The van der Waals surface area contributed by atoms with Gasteiger partial charge in [-0.15, -0.1) is 0 Å². The van der Waals surface area contributed by atoms with Crippen LogP contribution in [0.15, 0.2) is 36.4 Å². The predicted octanol–water partition coefficient (Wildman–Crippen LogP) is 3.20. The van der Waals surface area contributed by atoms with Crippen molar-refractivity contribution in [2.24, 2.45) is 0 Å². The van der Waals surface area contributed by atoms with E-state index in [-0.39, 0.29) is 28.0 Å². The molecule has 0 atom stereocenters. The molecule has 0 bridgehead atoms. The molecule has 0 aliphatic carbocycles. The van der Waals surface area contributed by atoms with Gasteiger partial charge in [-0.2, -0.15) is 0 Å². The Labute approximate surface area is 103 Å². The topological polar surface area (TPSA) is 72.7 Å². The number of hydrogen-bond donors (Lipinski definition) is 4. The van der Waals surface area contributed by atoms with Crippen LogP contribution in [-0.4, -0.2) is 15.3 Å². The third-order valence-corrected chi connectivity index (χ3v) is 2.54. The van der Waals surface area contributed by atoms with Crippen LogP contribution in [0.2, 0.25) is 5.02 Å². The summed E-state index contributed by atoms with van der Waals surface area (Å²) < 4.78 is 0. The Bertz CT molecular complexity index is 557. The first-order valence-electron chi connectivity index (χ1n) is 4.84. The Morgan fingerprint density at radius 2 is 1.71 bits per heavy atom. The molecule has 0 aliphatic heterocycles. The predicted molar refractivity (Wildman–Crippen MR) is 66.2 cm³/mol. The molecule has 0 saturated heterocycles. The standard InChI is InChI=1S/C12H10ClNO3/c13-8-2-1-3-9(12(8)17)14-10-6-7(15)4-5-11(10)16/h1-6,14-17H. The number of halogens is 1. The maximum Gasteiger partial charge on any atom is 0.157 e. The molecular weight excluding hydrogens is 242 g/mol. The molecule has 0 saturated carbocycles. The van der Waals surface area contributed by atoms with E-state index >= 15 is 0 Å². The highest BCUT2D eigenvalue weighted by atomic mass is 35.5. The average molecular weight is 252 g/mol. The van der Waals surface area contributed by atoms with E-state index in [1.807, 2.05) is 0 Å². The zero-order valence-electron chi connectivity index (χ0n) is 8.68. The smallest absolute Gasteiger partial charge is 0.157 e. The van der Waals surface area contributed by atoms with Gasteiger partial charge < -0.3 is 20.6 Å². The Morgan fingerprint density at radius 3 is 2.47 bits per heavy atom. The highest BCUT2D eigenvalue weighted by molar-refractivity contribution is 6.32.